The fourth-order valence-corrected chi connectivity index (χ4v) is 5.86. The molecule has 0 radical (unpaired) electrons. The van der Waals surface area contributed by atoms with E-state index in [1.54, 1.807) is 0 Å². The minimum Gasteiger partial charge on any atom is -0.480 e. The van der Waals surface area contributed by atoms with Crippen LogP contribution in [0.5, 0.6) is 0 Å². The average Bonchev–Trinajstić information content (AvgIpc) is 3.07. The topological polar surface area (TPSA) is 223 Å². The predicted molar refractivity (Wildman–Crippen MR) is 187 cm³/mol. The molecule has 1 aliphatic heterocycles. The third-order valence-corrected chi connectivity index (χ3v) is 8.85. The van der Waals surface area contributed by atoms with Crippen LogP contribution < -0.4 is 33.2 Å². The number of likely N-dealkylation sites (tertiary alicyclic amines) is 1. The van der Waals surface area contributed by atoms with Crippen LogP contribution in [-0.2, 0) is 36.8 Å². The largest absolute Gasteiger partial charge is 0.480 e. The van der Waals surface area contributed by atoms with E-state index in [0.717, 1.165) is 11.1 Å². The maximum Gasteiger partial charge on any atom is 0.323 e. The number of carboxylic acids is 1. The number of carboxylic acid groups (broad SMARTS) is 1. The van der Waals surface area contributed by atoms with E-state index in [0.29, 0.717) is 25.8 Å². The van der Waals surface area contributed by atoms with Gasteiger partial charge in [-0.25, -0.2) is 0 Å². The van der Waals surface area contributed by atoms with Gasteiger partial charge in [0.1, 0.15) is 23.7 Å². The number of nitrogens with zero attached hydrogens (tertiary/aromatic N) is 1. The summed E-state index contributed by atoms with van der Waals surface area (Å²) in [5.41, 5.74) is 18.2. The van der Waals surface area contributed by atoms with E-state index in [4.69, 9.17) is 17.2 Å². The molecule has 0 bridgehead atoms. The molecule has 0 aliphatic carbocycles. The van der Waals surface area contributed by atoms with Crippen molar-refractivity contribution in [2.45, 2.75) is 94.9 Å². The Balaban J connectivity index is 1.77. The van der Waals surface area contributed by atoms with Crippen molar-refractivity contribution in [3.05, 3.63) is 71.8 Å². The number of benzene rings is 2. The molecular weight excluding hydrogens is 626 g/mol. The lowest BCUT2D eigenvalue weighted by molar-refractivity contribution is -0.148. The molecule has 10 N–H and O–H groups in total. The second-order valence-corrected chi connectivity index (χ2v) is 13.4. The fourth-order valence-electron chi connectivity index (χ4n) is 5.86. The monoisotopic (exact) mass is 679 g/mol. The Kier molecular flexibility index (Phi) is 15.2. The standard InChI is InChI=1S/C36H53N7O6/c1-24(2)21-29(32(45)40-28(15-9-10-18-37)34(47)43-19-16-36(39,17-20-43)35(48)49)42-33(46)30(23-26-13-7-4-8-14-26)41-31(44)27(38)22-25-11-5-3-6-12-25/h3-8,11-14,24,27-30H,9-10,15-23,37-39H2,1-2H3,(H,40,45)(H,41,44)(H,42,46)(H,48,49)/t27-,28+,29-,30-/m0/s1. The quantitative estimate of drug-likeness (QED) is 0.111. The smallest absolute Gasteiger partial charge is 0.323 e. The molecule has 0 saturated carbocycles. The van der Waals surface area contributed by atoms with Gasteiger partial charge < -0.3 is 43.2 Å². The molecule has 49 heavy (non-hydrogen) atoms. The Bertz CT molecular complexity index is 1380. The number of amides is 4. The van der Waals surface area contributed by atoms with Gasteiger partial charge in [-0.1, -0.05) is 74.5 Å². The minimum atomic E-state index is -1.40. The molecule has 0 unspecified atom stereocenters. The molecule has 3 rings (SSSR count). The number of hydrogen-bond acceptors (Lipinski definition) is 8. The fraction of sp³-hybridized carbons (Fsp3) is 0.528. The lowest BCUT2D eigenvalue weighted by Crippen LogP contribution is -2.60. The molecule has 4 amide bonds. The van der Waals surface area contributed by atoms with Crippen LogP contribution in [0.25, 0.3) is 0 Å². The molecule has 0 aromatic heterocycles. The number of nitrogens with two attached hydrogens (primary N) is 3. The van der Waals surface area contributed by atoms with Crippen molar-refractivity contribution in [1.29, 1.82) is 0 Å². The minimum absolute atomic E-state index is 0.000286. The summed E-state index contributed by atoms with van der Waals surface area (Å²) >= 11 is 0. The Labute approximate surface area is 288 Å². The molecule has 13 nitrogen and oxygen atoms in total. The number of hydrogen-bond donors (Lipinski definition) is 7. The lowest BCUT2D eigenvalue weighted by Gasteiger charge is -2.38. The molecule has 2 aromatic carbocycles. The van der Waals surface area contributed by atoms with Crippen LogP contribution in [0.4, 0.5) is 0 Å². The van der Waals surface area contributed by atoms with Gasteiger partial charge in [-0.3, -0.25) is 24.0 Å². The first kappa shape index (κ1) is 39.1. The number of rotatable bonds is 18. The van der Waals surface area contributed by atoms with E-state index in [9.17, 15) is 29.1 Å². The number of nitrogens with one attached hydrogen (secondary N) is 3. The number of piperidine rings is 1. The van der Waals surface area contributed by atoms with Crippen molar-refractivity contribution >= 4 is 29.6 Å². The van der Waals surface area contributed by atoms with Crippen LogP contribution >= 0.6 is 0 Å². The maximum atomic E-state index is 13.9. The van der Waals surface area contributed by atoms with E-state index in [1.165, 1.54) is 4.90 Å². The van der Waals surface area contributed by atoms with Crippen LogP contribution in [0.2, 0.25) is 0 Å². The van der Waals surface area contributed by atoms with Gasteiger partial charge in [-0.2, -0.15) is 0 Å². The third-order valence-electron chi connectivity index (χ3n) is 8.85. The number of carbonyl (C=O) groups excluding carboxylic acids is 4. The summed E-state index contributed by atoms with van der Waals surface area (Å²) in [6.07, 6.45) is 2.44. The van der Waals surface area contributed by atoms with E-state index in [-0.39, 0.29) is 57.0 Å². The Hall–Kier alpha value is -4.33. The zero-order valence-corrected chi connectivity index (χ0v) is 28.6. The SMILES string of the molecule is CC(C)C[C@H](NC(=O)[C@H](Cc1ccccc1)NC(=O)[C@@H](N)Cc1ccccc1)C(=O)N[C@H](CCCCN)C(=O)N1CCC(N)(C(=O)O)CC1. The first-order chi connectivity index (χ1) is 23.3. The van der Waals surface area contributed by atoms with Gasteiger partial charge in [0.05, 0.1) is 6.04 Å². The Morgan fingerprint density at radius 2 is 1.29 bits per heavy atom. The zero-order valence-electron chi connectivity index (χ0n) is 28.6. The second kappa shape index (κ2) is 19.0. The molecule has 268 valence electrons. The molecule has 1 fully saturated rings. The van der Waals surface area contributed by atoms with Crippen LogP contribution in [0.15, 0.2) is 60.7 Å². The van der Waals surface area contributed by atoms with Crippen LogP contribution in [0.3, 0.4) is 0 Å². The molecule has 0 spiro atoms. The van der Waals surface area contributed by atoms with Gasteiger partial charge in [0, 0.05) is 19.5 Å². The Morgan fingerprint density at radius 3 is 1.82 bits per heavy atom. The van der Waals surface area contributed by atoms with Gasteiger partial charge in [0.2, 0.25) is 23.6 Å². The maximum absolute atomic E-state index is 13.9. The van der Waals surface area contributed by atoms with Crippen molar-refractivity contribution in [3.8, 4) is 0 Å². The summed E-state index contributed by atoms with van der Waals surface area (Å²) in [6, 6.07) is 14.7. The second-order valence-electron chi connectivity index (χ2n) is 13.4. The van der Waals surface area contributed by atoms with E-state index in [2.05, 4.69) is 16.0 Å². The summed E-state index contributed by atoms with van der Waals surface area (Å²) in [7, 11) is 0. The highest BCUT2D eigenvalue weighted by Crippen LogP contribution is 2.21. The molecule has 1 aliphatic rings. The summed E-state index contributed by atoms with van der Waals surface area (Å²) in [4.78, 5) is 67.7. The molecule has 1 heterocycles. The summed E-state index contributed by atoms with van der Waals surface area (Å²) in [5, 5.41) is 18.0. The highest BCUT2D eigenvalue weighted by molar-refractivity contribution is 5.95. The molecule has 1 saturated heterocycles. The lowest BCUT2D eigenvalue weighted by atomic mass is 9.88. The highest BCUT2D eigenvalue weighted by Gasteiger charge is 2.40. The normalized spacial score (nSPS) is 16.6. The van der Waals surface area contributed by atoms with Gasteiger partial charge in [-0.15, -0.1) is 0 Å². The third kappa shape index (κ3) is 12.3. The summed E-state index contributed by atoms with van der Waals surface area (Å²) in [5.74, 6) is -3.04. The number of carbonyl (C=O) groups is 5. The average molecular weight is 680 g/mol. The van der Waals surface area contributed by atoms with Crippen molar-refractivity contribution in [2.75, 3.05) is 19.6 Å². The number of aliphatic carboxylic acids is 1. The van der Waals surface area contributed by atoms with Crippen LogP contribution in [0.1, 0.15) is 63.5 Å². The van der Waals surface area contributed by atoms with E-state index < -0.39 is 53.4 Å². The van der Waals surface area contributed by atoms with Gasteiger partial charge >= 0.3 is 5.97 Å². The van der Waals surface area contributed by atoms with E-state index in [1.807, 2.05) is 74.5 Å². The first-order valence-electron chi connectivity index (χ1n) is 17.1. The van der Waals surface area contributed by atoms with Crippen LogP contribution in [0, 0.1) is 5.92 Å². The summed E-state index contributed by atoms with van der Waals surface area (Å²) < 4.78 is 0. The highest BCUT2D eigenvalue weighted by atomic mass is 16.4. The molecule has 4 atom stereocenters. The first-order valence-corrected chi connectivity index (χ1v) is 17.1. The predicted octanol–water partition coefficient (Wildman–Crippen LogP) is 0.833. The zero-order chi connectivity index (χ0) is 36.0. The van der Waals surface area contributed by atoms with Crippen LogP contribution in [-0.4, -0.2) is 88.9 Å². The Morgan fingerprint density at radius 1 is 0.776 bits per heavy atom. The molecule has 13 heteroatoms. The van der Waals surface area contributed by atoms with Crippen molar-refractivity contribution in [1.82, 2.24) is 20.9 Å². The van der Waals surface area contributed by atoms with Crippen molar-refractivity contribution in [2.24, 2.45) is 23.1 Å². The van der Waals surface area contributed by atoms with Gasteiger partial charge in [0.15, 0.2) is 0 Å². The van der Waals surface area contributed by atoms with Crippen molar-refractivity contribution < 1.29 is 29.1 Å². The molecular formula is C36H53N7O6. The van der Waals surface area contributed by atoms with Gasteiger partial charge in [-0.05, 0) is 68.5 Å². The number of unbranched alkanes of at least 4 members (excludes halogenated alkanes) is 1. The van der Waals surface area contributed by atoms with Crippen molar-refractivity contribution in [3.63, 3.8) is 0 Å². The summed E-state index contributed by atoms with van der Waals surface area (Å²) in [6.45, 7) is 4.53. The van der Waals surface area contributed by atoms with E-state index >= 15 is 0 Å². The molecule has 2 aromatic rings. The van der Waals surface area contributed by atoms with Gasteiger partial charge in [0.25, 0.3) is 0 Å².